The minimum atomic E-state index is -3.74. The van der Waals surface area contributed by atoms with Gasteiger partial charge in [0.1, 0.15) is 0 Å². The molecule has 0 aliphatic rings. The zero-order chi connectivity index (χ0) is 23.4. The predicted molar refractivity (Wildman–Crippen MR) is 122 cm³/mol. The summed E-state index contributed by atoms with van der Waals surface area (Å²) in [4.78, 5) is 16.1. The van der Waals surface area contributed by atoms with Crippen molar-refractivity contribution in [2.45, 2.75) is 44.8 Å². The van der Waals surface area contributed by atoms with Gasteiger partial charge in [-0.1, -0.05) is 31.3 Å². The molecule has 1 amide bonds. The van der Waals surface area contributed by atoms with Crippen LogP contribution in [0.2, 0.25) is 0 Å². The molecule has 0 saturated carbocycles. The smallest absolute Gasteiger partial charge is 0.264 e. The highest BCUT2D eigenvalue weighted by atomic mass is 32.2. The number of carbonyl (C=O) groups is 1. The molecule has 2 N–H and O–H groups in total. The summed E-state index contributed by atoms with van der Waals surface area (Å²) >= 11 is 0. The van der Waals surface area contributed by atoms with E-state index in [1.54, 1.807) is 6.08 Å². The first-order valence-corrected chi connectivity index (χ1v) is 11.9. The molecule has 2 unspecified atom stereocenters. The van der Waals surface area contributed by atoms with E-state index in [1.807, 2.05) is 25.9 Å². The monoisotopic (exact) mass is 439 g/mol. The van der Waals surface area contributed by atoms with E-state index in [1.165, 1.54) is 12.4 Å². The first-order valence-electron chi connectivity index (χ1n) is 10.00. The van der Waals surface area contributed by atoms with E-state index in [2.05, 4.69) is 42.1 Å². The summed E-state index contributed by atoms with van der Waals surface area (Å²) in [6.45, 7) is 11.5. The molecular formula is C22H37N3O4S. The normalized spacial score (nSPS) is 15.2. The van der Waals surface area contributed by atoms with Crippen molar-refractivity contribution in [3.63, 3.8) is 0 Å². The van der Waals surface area contributed by atoms with Gasteiger partial charge in [-0.05, 0) is 59.2 Å². The Kier molecular flexibility index (Phi) is 12.0. The van der Waals surface area contributed by atoms with Gasteiger partial charge in [0.15, 0.2) is 14.6 Å². The second-order valence-corrected chi connectivity index (χ2v) is 10.7. The Labute approximate surface area is 182 Å². The van der Waals surface area contributed by atoms with Crippen LogP contribution < -0.4 is 5.48 Å². The van der Waals surface area contributed by atoms with Gasteiger partial charge in [-0.3, -0.25) is 14.9 Å². The number of hydrogen-bond donors (Lipinski definition) is 2. The van der Waals surface area contributed by atoms with E-state index in [-0.39, 0.29) is 6.42 Å². The predicted octanol–water partition coefficient (Wildman–Crippen LogP) is 1.55. The molecule has 0 aromatic heterocycles. The molecule has 0 saturated heterocycles. The van der Waals surface area contributed by atoms with Crippen LogP contribution in [0.1, 0.15) is 40.0 Å². The molecule has 0 fully saturated rings. The van der Waals surface area contributed by atoms with Crippen molar-refractivity contribution >= 4 is 15.7 Å². The third-order valence-corrected chi connectivity index (χ3v) is 7.06. The molecule has 170 valence electrons. The molecule has 2 atom stereocenters. The molecular weight excluding hydrogens is 402 g/mol. The first kappa shape index (κ1) is 28.2. The van der Waals surface area contributed by atoms with E-state index in [0.717, 1.165) is 25.6 Å². The van der Waals surface area contributed by atoms with E-state index in [0.29, 0.717) is 19.6 Å². The molecule has 0 rings (SSSR count). The fraction of sp³-hybridized carbons (Fsp3) is 0.682. The van der Waals surface area contributed by atoms with Crippen LogP contribution in [0.4, 0.5) is 0 Å². The van der Waals surface area contributed by atoms with Crippen LogP contribution >= 0.6 is 0 Å². The van der Waals surface area contributed by atoms with Gasteiger partial charge in [0.05, 0.1) is 12.0 Å². The van der Waals surface area contributed by atoms with E-state index in [4.69, 9.17) is 5.21 Å². The van der Waals surface area contributed by atoms with Crippen molar-refractivity contribution in [1.82, 2.24) is 15.3 Å². The lowest BCUT2D eigenvalue weighted by atomic mass is 9.90. The highest BCUT2D eigenvalue weighted by molar-refractivity contribution is 7.92. The van der Waals surface area contributed by atoms with E-state index >= 15 is 0 Å². The van der Waals surface area contributed by atoms with Gasteiger partial charge < -0.3 is 4.90 Å². The summed E-state index contributed by atoms with van der Waals surface area (Å²) in [5.41, 5.74) is 0.952. The summed E-state index contributed by atoms with van der Waals surface area (Å²) in [5.74, 6) is 10.9. The maximum atomic E-state index is 12.2. The van der Waals surface area contributed by atoms with Crippen molar-refractivity contribution in [3.05, 3.63) is 12.7 Å². The molecule has 0 aliphatic heterocycles. The number of hydroxylamine groups is 1. The Hall–Kier alpha value is -1.84. The van der Waals surface area contributed by atoms with Gasteiger partial charge in [-0.25, -0.2) is 13.9 Å². The lowest BCUT2D eigenvalue weighted by molar-refractivity contribution is -0.131. The van der Waals surface area contributed by atoms with Gasteiger partial charge in [0.2, 0.25) is 0 Å². The number of nitrogens with zero attached hydrogens (tertiary/aromatic N) is 2. The lowest BCUT2D eigenvalue weighted by Gasteiger charge is -2.33. The van der Waals surface area contributed by atoms with E-state index < -0.39 is 25.9 Å². The van der Waals surface area contributed by atoms with Crippen LogP contribution in [0, 0.1) is 29.1 Å². The van der Waals surface area contributed by atoms with Crippen LogP contribution in [0.25, 0.3) is 0 Å². The van der Waals surface area contributed by atoms with Gasteiger partial charge in [-0.15, -0.1) is 6.58 Å². The molecule has 0 aromatic rings. The number of rotatable bonds is 12. The zero-order valence-corrected chi connectivity index (χ0v) is 20.0. The Bertz CT molecular complexity index is 802. The highest BCUT2D eigenvalue weighted by Crippen LogP contribution is 2.24. The fourth-order valence-electron chi connectivity index (χ4n) is 2.64. The van der Waals surface area contributed by atoms with Crippen molar-refractivity contribution in [1.29, 1.82) is 0 Å². The molecule has 0 heterocycles. The van der Waals surface area contributed by atoms with Crippen LogP contribution in [-0.2, 0) is 14.6 Å². The standard InChI is InChI=1S/C22H37N3O4S/c1-8-10-17-25(18-15-22(4,20(26)23-27)30(7,28)29)19-21(3,9-2)14-12-11-13-16-24(5)6/h9,27H,2,8,10,15-19H2,1,3-7H3,(H,23,26). The van der Waals surface area contributed by atoms with Crippen LogP contribution in [-0.4, -0.2) is 80.6 Å². The van der Waals surface area contributed by atoms with E-state index in [9.17, 15) is 13.2 Å². The van der Waals surface area contributed by atoms with Crippen molar-refractivity contribution in [2.75, 3.05) is 46.5 Å². The molecule has 30 heavy (non-hydrogen) atoms. The highest BCUT2D eigenvalue weighted by Gasteiger charge is 2.43. The molecule has 0 spiro atoms. The van der Waals surface area contributed by atoms with Gasteiger partial charge in [0.25, 0.3) is 5.91 Å². The third-order valence-electron chi connectivity index (χ3n) is 5.03. The molecule has 0 aliphatic carbocycles. The molecule has 0 bridgehead atoms. The van der Waals surface area contributed by atoms with Crippen molar-refractivity contribution in [2.24, 2.45) is 5.41 Å². The Balaban J connectivity index is 5.52. The number of sulfone groups is 1. The minimum absolute atomic E-state index is 0.0469. The first-order chi connectivity index (χ1) is 13.8. The second-order valence-electron chi connectivity index (χ2n) is 8.23. The summed E-state index contributed by atoms with van der Waals surface area (Å²) in [6.07, 6.45) is 4.72. The number of carbonyl (C=O) groups excluding carboxylic acids is 1. The molecule has 7 nitrogen and oxygen atoms in total. The summed E-state index contributed by atoms with van der Waals surface area (Å²) in [7, 11) is 0.129. The average molecular weight is 440 g/mol. The fourth-order valence-corrected chi connectivity index (χ4v) is 3.49. The Morgan fingerprint density at radius 1 is 1.23 bits per heavy atom. The SMILES string of the molecule is C=CC(C)(C#CC#CCN(C)C)CN(CCCC)CCC(C)(C(=O)NO)S(C)(=O)=O. The van der Waals surface area contributed by atoms with Crippen molar-refractivity contribution < 1.29 is 18.4 Å². The number of amides is 1. The van der Waals surface area contributed by atoms with Gasteiger partial charge in [-0.2, -0.15) is 0 Å². The number of hydrogen-bond acceptors (Lipinski definition) is 6. The minimum Gasteiger partial charge on any atom is -0.301 e. The summed E-state index contributed by atoms with van der Waals surface area (Å²) in [5, 5.41) is 9.01. The summed E-state index contributed by atoms with van der Waals surface area (Å²) < 4.78 is 22.7. The Morgan fingerprint density at radius 2 is 1.87 bits per heavy atom. The second kappa shape index (κ2) is 12.8. The van der Waals surface area contributed by atoms with Gasteiger partial charge in [0, 0.05) is 19.3 Å². The topological polar surface area (TPSA) is 89.9 Å². The zero-order valence-electron chi connectivity index (χ0n) is 19.2. The molecule has 0 aromatic carbocycles. The van der Waals surface area contributed by atoms with Crippen LogP contribution in [0.5, 0.6) is 0 Å². The lowest BCUT2D eigenvalue weighted by Crippen LogP contribution is -2.51. The summed E-state index contributed by atoms with van der Waals surface area (Å²) in [6, 6.07) is 0. The van der Waals surface area contributed by atoms with Crippen LogP contribution in [0.3, 0.4) is 0 Å². The quantitative estimate of drug-likeness (QED) is 0.208. The average Bonchev–Trinajstić information content (AvgIpc) is 2.67. The van der Waals surface area contributed by atoms with Crippen LogP contribution in [0.15, 0.2) is 12.7 Å². The van der Waals surface area contributed by atoms with Crippen molar-refractivity contribution in [3.8, 4) is 23.7 Å². The molecule has 8 heteroatoms. The Morgan fingerprint density at radius 3 is 2.33 bits per heavy atom. The maximum absolute atomic E-state index is 12.2. The maximum Gasteiger partial charge on any atom is 0.264 e. The molecule has 0 radical (unpaired) electrons. The number of unbranched alkanes of at least 4 members (excludes halogenated alkanes) is 1. The van der Waals surface area contributed by atoms with Gasteiger partial charge >= 0.3 is 0 Å². The third kappa shape index (κ3) is 9.32. The largest absolute Gasteiger partial charge is 0.301 e. The number of nitrogens with one attached hydrogen (secondary N) is 1.